The van der Waals surface area contributed by atoms with Crippen molar-refractivity contribution in [2.24, 2.45) is 0 Å². The lowest BCUT2D eigenvalue weighted by Gasteiger charge is -2.13. The summed E-state index contributed by atoms with van der Waals surface area (Å²) in [5.74, 6) is -0.0243. The molecule has 0 unspecified atom stereocenters. The normalized spacial score (nSPS) is 10.5. The molecule has 2 aromatic rings. The Kier molecular flexibility index (Phi) is 5.62. The number of amides is 2. The molecule has 0 aliphatic carbocycles. The molecule has 0 saturated carbocycles. The molecule has 0 fully saturated rings. The Bertz CT molecular complexity index is 751. The summed E-state index contributed by atoms with van der Waals surface area (Å²) in [5.41, 5.74) is 5.59. The van der Waals surface area contributed by atoms with Crippen molar-refractivity contribution < 1.29 is 23.5 Å². The van der Waals surface area contributed by atoms with E-state index in [4.69, 9.17) is 13.9 Å². The van der Waals surface area contributed by atoms with Gasteiger partial charge in [0.2, 0.25) is 0 Å². The van der Waals surface area contributed by atoms with Crippen molar-refractivity contribution in [3.63, 3.8) is 0 Å². The van der Waals surface area contributed by atoms with Crippen LogP contribution in [0.3, 0.4) is 0 Å². The quantitative estimate of drug-likeness (QED) is 0.822. The molecule has 0 aliphatic heterocycles. The van der Waals surface area contributed by atoms with E-state index in [0.717, 1.165) is 0 Å². The molecular formula is C17H18N2O5. The maximum atomic E-state index is 12.3. The van der Waals surface area contributed by atoms with Crippen molar-refractivity contribution in [2.75, 3.05) is 14.2 Å². The molecule has 0 radical (unpaired) electrons. The van der Waals surface area contributed by atoms with Gasteiger partial charge >= 0.3 is 5.91 Å². The van der Waals surface area contributed by atoms with Gasteiger partial charge in [-0.05, 0) is 31.2 Å². The van der Waals surface area contributed by atoms with E-state index in [9.17, 15) is 9.59 Å². The van der Waals surface area contributed by atoms with Gasteiger partial charge in [-0.2, -0.15) is 0 Å². The SMILES string of the molecule is C/C=C/c1cc(C(=O)NNC(=O)c2ccco2)cc(OC)c1OC. The molecule has 0 saturated heterocycles. The number of allylic oxidation sites excluding steroid dienone is 1. The lowest BCUT2D eigenvalue weighted by atomic mass is 10.1. The Morgan fingerprint density at radius 3 is 2.46 bits per heavy atom. The summed E-state index contributed by atoms with van der Waals surface area (Å²) < 4.78 is 15.5. The number of hydrazine groups is 1. The monoisotopic (exact) mass is 330 g/mol. The molecule has 2 rings (SSSR count). The Morgan fingerprint density at radius 2 is 1.88 bits per heavy atom. The summed E-state index contributed by atoms with van der Waals surface area (Å²) in [6.07, 6.45) is 4.98. The second-order valence-electron chi connectivity index (χ2n) is 4.69. The van der Waals surface area contributed by atoms with E-state index >= 15 is 0 Å². The van der Waals surface area contributed by atoms with Crippen LogP contribution < -0.4 is 20.3 Å². The molecule has 0 aliphatic rings. The third-order valence-electron chi connectivity index (χ3n) is 3.15. The van der Waals surface area contributed by atoms with Gasteiger partial charge in [0, 0.05) is 11.1 Å². The lowest BCUT2D eigenvalue weighted by molar-refractivity contribution is 0.0830. The summed E-state index contributed by atoms with van der Waals surface area (Å²) in [6.45, 7) is 1.85. The first-order valence-electron chi connectivity index (χ1n) is 7.13. The first-order valence-corrected chi connectivity index (χ1v) is 7.13. The maximum absolute atomic E-state index is 12.3. The largest absolute Gasteiger partial charge is 0.493 e. The van der Waals surface area contributed by atoms with Crippen LogP contribution in [0.2, 0.25) is 0 Å². The number of benzene rings is 1. The van der Waals surface area contributed by atoms with Gasteiger partial charge in [-0.15, -0.1) is 0 Å². The van der Waals surface area contributed by atoms with Gasteiger partial charge in [-0.25, -0.2) is 0 Å². The van der Waals surface area contributed by atoms with Crippen LogP contribution in [-0.2, 0) is 0 Å². The highest BCUT2D eigenvalue weighted by Gasteiger charge is 2.16. The highest BCUT2D eigenvalue weighted by Crippen LogP contribution is 2.33. The van der Waals surface area contributed by atoms with Crippen molar-refractivity contribution >= 4 is 17.9 Å². The van der Waals surface area contributed by atoms with Crippen LogP contribution in [0, 0.1) is 0 Å². The van der Waals surface area contributed by atoms with Crippen LogP contribution in [0.25, 0.3) is 6.08 Å². The summed E-state index contributed by atoms with van der Waals surface area (Å²) >= 11 is 0. The smallest absolute Gasteiger partial charge is 0.305 e. The lowest BCUT2D eigenvalue weighted by Crippen LogP contribution is -2.41. The number of methoxy groups -OCH3 is 2. The van der Waals surface area contributed by atoms with Gasteiger partial charge in [0.15, 0.2) is 17.3 Å². The molecule has 24 heavy (non-hydrogen) atoms. The van der Waals surface area contributed by atoms with Crippen LogP contribution in [0.1, 0.15) is 33.4 Å². The van der Waals surface area contributed by atoms with E-state index in [0.29, 0.717) is 22.6 Å². The second-order valence-corrected chi connectivity index (χ2v) is 4.69. The van der Waals surface area contributed by atoms with Gasteiger partial charge in [0.05, 0.1) is 20.5 Å². The summed E-state index contributed by atoms with van der Waals surface area (Å²) in [7, 11) is 3.01. The molecule has 1 aromatic heterocycles. The number of hydrogen-bond donors (Lipinski definition) is 2. The number of carbonyl (C=O) groups excluding carboxylic acids is 2. The van der Waals surface area contributed by atoms with Gasteiger partial charge in [-0.1, -0.05) is 12.2 Å². The van der Waals surface area contributed by atoms with Crippen molar-refractivity contribution in [1.29, 1.82) is 0 Å². The molecule has 7 heteroatoms. The third kappa shape index (κ3) is 3.75. The van der Waals surface area contributed by atoms with Crippen LogP contribution in [0.4, 0.5) is 0 Å². The number of hydrogen-bond acceptors (Lipinski definition) is 5. The van der Waals surface area contributed by atoms with E-state index in [-0.39, 0.29) is 5.76 Å². The first-order chi connectivity index (χ1) is 11.6. The fourth-order valence-corrected chi connectivity index (χ4v) is 2.08. The number of furan rings is 1. The average molecular weight is 330 g/mol. The molecule has 126 valence electrons. The van der Waals surface area contributed by atoms with Crippen molar-refractivity contribution in [1.82, 2.24) is 10.9 Å². The molecule has 2 amide bonds. The molecule has 0 atom stereocenters. The molecular weight excluding hydrogens is 312 g/mol. The molecule has 1 aromatic carbocycles. The van der Waals surface area contributed by atoms with Crippen molar-refractivity contribution in [3.05, 3.63) is 53.5 Å². The van der Waals surface area contributed by atoms with Gasteiger partial charge in [0.1, 0.15) is 0 Å². The zero-order chi connectivity index (χ0) is 17.5. The first kappa shape index (κ1) is 17.1. The van der Waals surface area contributed by atoms with Gasteiger partial charge in [0.25, 0.3) is 5.91 Å². The van der Waals surface area contributed by atoms with Gasteiger partial charge in [-0.3, -0.25) is 20.4 Å². The van der Waals surface area contributed by atoms with Gasteiger partial charge < -0.3 is 13.9 Å². The topological polar surface area (TPSA) is 89.8 Å². The predicted molar refractivity (Wildman–Crippen MR) is 87.9 cm³/mol. The Balaban J connectivity index is 2.19. The minimum absolute atomic E-state index is 0.0946. The molecule has 0 bridgehead atoms. The van der Waals surface area contributed by atoms with Crippen LogP contribution in [0.5, 0.6) is 11.5 Å². The van der Waals surface area contributed by atoms with Crippen LogP contribution in [-0.4, -0.2) is 26.0 Å². The number of rotatable bonds is 5. The highest BCUT2D eigenvalue weighted by atomic mass is 16.5. The van der Waals surface area contributed by atoms with E-state index in [1.54, 1.807) is 18.2 Å². The zero-order valence-electron chi connectivity index (χ0n) is 13.6. The van der Waals surface area contributed by atoms with E-state index in [1.807, 2.05) is 13.0 Å². The van der Waals surface area contributed by atoms with E-state index < -0.39 is 11.8 Å². The van der Waals surface area contributed by atoms with Crippen LogP contribution >= 0.6 is 0 Å². The molecule has 1 heterocycles. The minimum atomic E-state index is -0.553. The Hall–Kier alpha value is -3.22. The molecule has 7 nitrogen and oxygen atoms in total. The van der Waals surface area contributed by atoms with Crippen molar-refractivity contribution in [3.8, 4) is 11.5 Å². The Morgan fingerprint density at radius 1 is 1.12 bits per heavy atom. The minimum Gasteiger partial charge on any atom is -0.493 e. The molecule has 0 spiro atoms. The summed E-state index contributed by atoms with van der Waals surface area (Å²) in [4.78, 5) is 24.0. The molecule has 2 N–H and O–H groups in total. The van der Waals surface area contributed by atoms with Crippen LogP contribution in [0.15, 0.2) is 41.0 Å². The average Bonchev–Trinajstić information content (AvgIpc) is 3.13. The number of nitrogens with one attached hydrogen (secondary N) is 2. The number of ether oxygens (including phenoxy) is 2. The fraction of sp³-hybridized carbons (Fsp3) is 0.176. The standard InChI is InChI=1S/C17H18N2O5/c1-4-6-11-9-12(10-14(22-2)15(11)23-3)16(20)18-19-17(21)13-7-5-8-24-13/h4-10H,1-3H3,(H,18,20)(H,19,21)/b6-4+. The Labute approximate surface area is 139 Å². The van der Waals surface area contributed by atoms with E-state index in [1.165, 1.54) is 32.6 Å². The van der Waals surface area contributed by atoms with E-state index in [2.05, 4.69) is 10.9 Å². The fourth-order valence-electron chi connectivity index (χ4n) is 2.08. The second kappa shape index (κ2) is 7.87. The third-order valence-corrected chi connectivity index (χ3v) is 3.15. The predicted octanol–water partition coefficient (Wildman–Crippen LogP) is 2.40. The number of carbonyl (C=O) groups is 2. The van der Waals surface area contributed by atoms with Crippen molar-refractivity contribution in [2.45, 2.75) is 6.92 Å². The summed E-state index contributed by atoms with van der Waals surface area (Å²) in [6, 6.07) is 6.23. The zero-order valence-corrected chi connectivity index (χ0v) is 13.6. The maximum Gasteiger partial charge on any atom is 0.305 e. The summed E-state index contributed by atoms with van der Waals surface area (Å²) in [5, 5.41) is 0. The highest BCUT2D eigenvalue weighted by molar-refractivity contribution is 5.99.